The number of nitrogens with zero attached hydrogens (tertiary/aromatic N) is 4. The minimum absolute atomic E-state index is 0.129. The van der Waals surface area contributed by atoms with E-state index in [1.807, 2.05) is 6.92 Å². The predicted molar refractivity (Wildman–Crippen MR) is 109 cm³/mol. The van der Waals surface area contributed by atoms with Gasteiger partial charge in [0.05, 0.1) is 5.69 Å². The average molecular weight is 416 g/mol. The molecular weight excluding hydrogens is 382 g/mol. The van der Waals surface area contributed by atoms with Crippen LogP contribution in [0.4, 0.5) is 0 Å². The van der Waals surface area contributed by atoms with E-state index in [0.717, 1.165) is 45.0 Å². The van der Waals surface area contributed by atoms with Crippen molar-refractivity contribution in [2.75, 3.05) is 52.5 Å². The zero-order valence-corrected chi connectivity index (χ0v) is 17.8. The Labute approximate surface area is 168 Å². The van der Waals surface area contributed by atoms with Crippen LogP contribution in [0.5, 0.6) is 0 Å². The Bertz CT molecular complexity index is 670. The number of hydrogen-bond donors (Lipinski definition) is 1. The maximum atomic E-state index is 12.5. The fourth-order valence-electron chi connectivity index (χ4n) is 2.89. The van der Waals surface area contributed by atoms with Crippen molar-refractivity contribution in [2.45, 2.75) is 38.9 Å². The molecule has 0 aromatic carbocycles. The standard InChI is InChI=1S/C18H33N5O4S/c1-3-5-13-26-14-6-8-20-18(19-4-2)22-9-11-23(12-10-22)28(24,25)16-17-7-15-27-21-17/h7,15H,3-6,8-14,16H2,1-2H3,(H,19,20). The van der Waals surface area contributed by atoms with Crippen LogP contribution in [0, 0.1) is 0 Å². The van der Waals surface area contributed by atoms with E-state index in [-0.39, 0.29) is 5.75 Å². The molecule has 0 aliphatic carbocycles. The lowest BCUT2D eigenvalue weighted by atomic mass is 10.3. The molecule has 2 heterocycles. The van der Waals surface area contributed by atoms with E-state index in [0.29, 0.717) is 38.4 Å². The first-order valence-corrected chi connectivity index (χ1v) is 11.7. The van der Waals surface area contributed by atoms with Gasteiger partial charge in [0.2, 0.25) is 10.0 Å². The summed E-state index contributed by atoms with van der Waals surface area (Å²) < 4.78 is 36.9. The molecule has 0 atom stereocenters. The molecule has 1 N–H and O–H groups in total. The van der Waals surface area contributed by atoms with Gasteiger partial charge in [-0.25, -0.2) is 8.42 Å². The Morgan fingerprint density at radius 1 is 1.25 bits per heavy atom. The molecule has 0 amide bonds. The monoisotopic (exact) mass is 415 g/mol. The Morgan fingerprint density at radius 3 is 2.64 bits per heavy atom. The fraction of sp³-hybridized carbons (Fsp3) is 0.778. The number of hydrogen-bond acceptors (Lipinski definition) is 6. The van der Waals surface area contributed by atoms with E-state index in [9.17, 15) is 8.42 Å². The Hall–Kier alpha value is -1.65. The summed E-state index contributed by atoms with van der Waals surface area (Å²) >= 11 is 0. The van der Waals surface area contributed by atoms with E-state index in [1.165, 1.54) is 10.6 Å². The lowest BCUT2D eigenvalue weighted by molar-refractivity contribution is 0.130. The molecular formula is C18H33N5O4S. The van der Waals surface area contributed by atoms with Crippen LogP contribution in [0.3, 0.4) is 0 Å². The van der Waals surface area contributed by atoms with Gasteiger partial charge in [-0.15, -0.1) is 0 Å². The van der Waals surface area contributed by atoms with Crippen LogP contribution < -0.4 is 5.32 Å². The lowest BCUT2D eigenvalue weighted by Crippen LogP contribution is -2.53. The summed E-state index contributed by atoms with van der Waals surface area (Å²) in [7, 11) is -3.39. The molecule has 1 aromatic rings. The van der Waals surface area contributed by atoms with E-state index in [2.05, 4.69) is 27.3 Å². The van der Waals surface area contributed by atoms with Gasteiger partial charge in [0.1, 0.15) is 12.0 Å². The summed E-state index contributed by atoms with van der Waals surface area (Å²) in [6.07, 6.45) is 4.50. The van der Waals surface area contributed by atoms with E-state index < -0.39 is 10.0 Å². The number of ether oxygens (including phenoxy) is 1. The first-order valence-electron chi connectivity index (χ1n) is 10.0. The summed E-state index contributed by atoms with van der Waals surface area (Å²) in [5.74, 6) is 0.708. The van der Waals surface area contributed by atoms with E-state index >= 15 is 0 Å². The Morgan fingerprint density at radius 2 is 2.00 bits per heavy atom. The van der Waals surface area contributed by atoms with Gasteiger partial charge >= 0.3 is 0 Å². The number of rotatable bonds is 11. The van der Waals surface area contributed by atoms with Crippen molar-refractivity contribution in [1.82, 2.24) is 19.7 Å². The van der Waals surface area contributed by atoms with Crippen molar-refractivity contribution in [3.63, 3.8) is 0 Å². The largest absolute Gasteiger partial charge is 0.381 e. The summed E-state index contributed by atoms with van der Waals surface area (Å²) in [6, 6.07) is 1.58. The van der Waals surface area contributed by atoms with Gasteiger partial charge in [-0.3, -0.25) is 4.99 Å². The van der Waals surface area contributed by atoms with Crippen LogP contribution >= 0.6 is 0 Å². The van der Waals surface area contributed by atoms with E-state index in [1.54, 1.807) is 6.07 Å². The van der Waals surface area contributed by atoms with Crippen molar-refractivity contribution in [3.05, 3.63) is 18.0 Å². The van der Waals surface area contributed by atoms with Crippen molar-refractivity contribution < 1.29 is 17.7 Å². The van der Waals surface area contributed by atoms with Gasteiger partial charge in [0.25, 0.3) is 0 Å². The van der Waals surface area contributed by atoms with Gasteiger partial charge < -0.3 is 19.5 Å². The van der Waals surface area contributed by atoms with Crippen molar-refractivity contribution >= 4 is 16.0 Å². The third-order valence-electron chi connectivity index (χ3n) is 4.44. The third-order valence-corrected chi connectivity index (χ3v) is 6.25. The number of aliphatic imine (C=N–C) groups is 1. The Balaban J connectivity index is 1.80. The molecule has 0 spiro atoms. The fourth-order valence-corrected chi connectivity index (χ4v) is 4.32. The molecule has 0 radical (unpaired) electrons. The molecule has 160 valence electrons. The molecule has 2 rings (SSSR count). The molecule has 1 aliphatic heterocycles. The maximum absolute atomic E-state index is 12.5. The van der Waals surface area contributed by atoms with Crippen LogP contribution in [0.15, 0.2) is 21.8 Å². The summed E-state index contributed by atoms with van der Waals surface area (Å²) in [5.41, 5.74) is 0.429. The number of sulfonamides is 1. The second kappa shape index (κ2) is 12.0. The van der Waals surface area contributed by atoms with Crippen molar-refractivity contribution in [2.24, 2.45) is 4.99 Å². The molecule has 1 aromatic heterocycles. The zero-order valence-electron chi connectivity index (χ0n) is 17.0. The molecule has 9 nitrogen and oxygen atoms in total. The minimum Gasteiger partial charge on any atom is -0.381 e. The molecule has 0 saturated carbocycles. The van der Waals surface area contributed by atoms with Gasteiger partial charge in [-0.1, -0.05) is 18.5 Å². The zero-order chi connectivity index (χ0) is 20.2. The number of nitrogens with one attached hydrogen (secondary N) is 1. The molecule has 0 unspecified atom stereocenters. The average Bonchev–Trinajstić information content (AvgIpc) is 3.19. The molecule has 28 heavy (non-hydrogen) atoms. The number of aromatic nitrogens is 1. The van der Waals surface area contributed by atoms with Crippen molar-refractivity contribution in [3.8, 4) is 0 Å². The summed E-state index contributed by atoms with van der Waals surface area (Å²) in [4.78, 5) is 6.78. The van der Waals surface area contributed by atoms with Crippen LogP contribution in [-0.4, -0.2) is 81.2 Å². The molecule has 1 aliphatic rings. The quantitative estimate of drug-likeness (QED) is 0.330. The normalized spacial score (nSPS) is 16.5. The smallest absolute Gasteiger partial charge is 0.220 e. The maximum Gasteiger partial charge on any atom is 0.220 e. The lowest BCUT2D eigenvalue weighted by Gasteiger charge is -2.35. The molecule has 10 heteroatoms. The summed E-state index contributed by atoms with van der Waals surface area (Å²) in [6.45, 7) is 9.26. The van der Waals surface area contributed by atoms with E-state index in [4.69, 9.17) is 9.26 Å². The number of unbranched alkanes of at least 4 members (excludes halogenated alkanes) is 1. The highest BCUT2D eigenvalue weighted by Gasteiger charge is 2.28. The molecule has 1 saturated heterocycles. The van der Waals surface area contributed by atoms with Gasteiger partial charge in [-0.2, -0.15) is 4.31 Å². The van der Waals surface area contributed by atoms with Gasteiger partial charge in [0, 0.05) is 58.5 Å². The van der Waals surface area contributed by atoms with Gasteiger partial charge in [-0.05, 0) is 19.8 Å². The number of guanidine groups is 1. The highest BCUT2D eigenvalue weighted by Crippen LogP contribution is 2.13. The van der Waals surface area contributed by atoms with Gasteiger partial charge in [0.15, 0.2) is 5.96 Å². The second-order valence-corrected chi connectivity index (χ2v) is 8.66. The molecule has 0 bridgehead atoms. The van der Waals surface area contributed by atoms with Crippen molar-refractivity contribution in [1.29, 1.82) is 0 Å². The van der Waals surface area contributed by atoms with Crippen LogP contribution in [0.1, 0.15) is 38.8 Å². The highest BCUT2D eigenvalue weighted by atomic mass is 32.2. The first kappa shape index (κ1) is 22.6. The first-order chi connectivity index (χ1) is 13.6. The number of piperazine rings is 1. The summed E-state index contributed by atoms with van der Waals surface area (Å²) in [5, 5.41) is 7.00. The highest BCUT2D eigenvalue weighted by molar-refractivity contribution is 7.88. The van der Waals surface area contributed by atoms with Crippen LogP contribution in [0.2, 0.25) is 0 Å². The third kappa shape index (κ3) is 7.40. The Kier molecular flexibility index (Phi) is 9.72. The second-order valence-electron chi connectivity index (χ2n) is 6.69. The predicted octanol–water partition coefficient (Wildman–Crippen LogP) is 1.29. The SMILES string of the molecule is CCCCOCCCN=C(NCC)N1CCN(S(=O)(=O)Cc2ccon2)CC1. The van der Waals surface area contributed by atoms with Crippen LogP contribution in [-0.2, 0) is 20.5 Å². The topological polar surface area (TPSA) is 100 Å². The minimum atomic E-state index is -3.39. The molecule has 1 fully saturated rings. The van der Waals surface area contributed by atoms with Crippen LogP contribution in [0.25, 0.3) is 0 Å².